The molecular weight excluding hydrogens is 297 g/mol. The first-order chi connectivity index (χ1) is 10.9. The van der Waals surface area contributed by atoms with E-state index in [1.807, 2.05) is 20.8 Å². The summed E-state index contributed by atoms with van der Waals surface area (Å²) in [7, 11) is 0. The number of ether oxygens (including phenoxy) is 1. The summed E-state index contributed by atoms with van der Waals surface area (Å²) in [6.45, 7) is 6.33. The van der Waals surface area contributed by atoms with Gasteiger partial charge in [0.25, 0.3) is 0 Å². The van der Waals surface area contributed by atoms with E-state index in [2.05, 4.69) is 10.1 Å². The Kier molecular flexibility index (Phi) is 5.71. The van der Waals surface area contributed by atoms with Crippen LogP contribution in [0.15, 0.2) is 36.9 Å². The third kappa shape index (κ3) is 4.76. The van der Waals surface area contributed by atoms with Crippen LogP contribution in [0.1, 0.15) is 39.7 Å². The summed E-state index contributed by atoms with van der Waals surface area (Å²) in [5, 5.41) is 14.7. The molecule has 2 atom stereocenters. The lowest BCUT2D eigenvalue weighted by Crippen LogP contribution is -2.36. The largest absolute Gasteiger partial charge is 0.491 e. The van der Waals surface area contributed by atoms with Gasteiger partial charge in [0.05, 0.1) is 18.8 Å². The first kappa shape index (κ1) is 17.4. The summed E-state index contributed by atoms with van der Waals surface area (Å²) in [6.07, 6.45) is 3.83. The van der Waals surface area contributed by atoms with Gasteiger partial charge < -0.3 is 9.84 Å². The quantitative estimate of drug-likeness (QED) is 0.796. The first-order valence-electron chi connectivity index (χ1n) is 7.79. The van der Waals surface area contributed by atoms with Crippen molar-refractivity contribution in [2.45, 2.75) is 45.8 Å². The SMILES string of the molecule is CC(C)(C)C(O)C(CCCOc1ccccc1F)n1cncn1. The van der Waals surface area contributed by atoms with Crippen LogP contribution in [0, 0.1) is 11.2 Å². The molecule has 1 heterocycles. The van der Waals surface area contributed by atoms with Crippen molar-refractivity contribution in [3.63, 3.8) is 0 Å². The average molecular weight is 321 g/mol. The van der Waals surface area contributed by atoms with Gasteiger partial charge in [-0.15, -0.1) is 0 Å². The first-order valence-corrected chi connectivity index (χ1v) is 7.79. The number of aromatic nitrogens is 3. The van der Waals surface area contributed by atoms with Crippen LogP contribution in [0.2, 0.25) is 0 Å². The summed E-state index contributed by atoms with van der Waals surface area (Å²) in [5.41, 5.74) is -0.275. The van der Waals surface area contributed by atoms with Gasteiger partial charge in [-0.1, -0.05) is 32.9 Å². The van der Waals surface area contributed by atoms with E-state index in [1.54, 1.807) is 29.2 Å². The Morgan fingerprint density at radius 3 is 2.65 bits per heavy atom. The van der Waals surface area contributed by atoms with Crippen molar-refractivity contribution in [3.05, 3.63) is 42.7 Å². The van der Waals surface area contributed by atoms with E-state index in [9.17, 15) is 9.50 Å². The summed E-state index contributed by atoms with van der Waals surface area (Å²) >= 11 is 0. The van der Waals surface area contributed by atoms with Crippen LogP contribution in [-0.2, 0) is 0 Å². The number of hydrogen-bond acceptors (Lipinski definition) is 4. The van der Waals surface area contributed by atoms with Crippen LogP contribution in [-0.4, -0.2) is 32.6 Å². The second-order valence-electron chi connectivity index (χ2n) is 6.67. The van der Waals surface area contributed by atoms with Gasteiger partial charge in [-0.3, -0.25) is 0 Å². The van der Waals surface area contributed by atoms with E-state index in [-0.39, 0.29) is 23.0 Å². The van der Waals surface area contributed by atoms with Gasteiger partial charge in [0, 0.05) is 0 Å². The van der Waals surface area contributed by atoms with Gasteiger partial charge in [-0.25, -0.2) is 14.1 Å². The predicted molar refractivity (Wildman–Crippen MR) is 85.6 cm³/mol. The van der Waals surface area contributed by atoms with Crippen molar-refractivity contribution in [1.29, 1.82) is 0 Å². The molecule has 0 saturated heterocycles. The van der Waals surface area contributed by atoms with Gasteiger partial charge in [0.1, 0.15) is 12.7 Å². The van der Waals surface area contributed by atoms with E-state index in [4.69, 9.17) is 4.74 Å². The summed E-state index contributed by atoms with van der Waals surface area (Å²) in [6, 6.07) is 6.15. The highest BCUT2D eigenvalue weighted by atomic mass is 19.1. The number of aliphatic hydroxyl groups is 1. The molecular formula is C17H24FN3O2. The third-order valence-corrected chi connectivity index (χ3v) is 3.77. The van der Waals surface area contributed by atoms with Crippen LogP contribution in [0.4, 0.5) is 4.39 Å². The second-order valence-corrected chi connectivity index (χ2v) is 6.67. The number of aliphatic hydroxyl groups excluding tert-OH is 1. The lowest BCUT2D eigenvalue weighted by atomic mass is 9.83. The van der Waals surface area contributed by atoms with Gasteiger partial charge in [0.2, 0.25) is 0 Å². The van der Waals surface area contributed by atoms with E-state index in [0.29, 0.717) is 19.4 Å². The molecule has 1 aromatic carbocycles. The Hall–Kier alpha value is -1.95. The fraction of sp³-hybridized carbons (Fsp3) is 0.529. The summed E-state index contributed by atoms with van der Waals surface area (Å²) in [4.78, 5) is 3.95. The van der Waals surface area contributed by atoms with Crippen molar-refractivity contribution in [3.8, 4) is 5.75 Å². The van der Waals surface area contributed by atoms with Crippen molar-refractivity contribution in [1.82, 2.24) is 14.8 Å². The molecule has 6 heteroatoms. The molecule has 1 aromatic heterocycles. The minimum Gasteiger partial charge on any atom is -0.491 e. The van der Waals surface area contributed by atoms with Crippen molar-refractivity contribution < 1.29 is 14.2 Å². The van der Waals surface area contributed by atoms with Crippen LogP contribution in [0.5, 0.6) is 5.75 Å². The fourth-order valence-corrected chi connectivity index (χ4v) is 2.44. The van der Waals surface area contributed by atoms with Gasteiger partial charge in [-0.05, 0) is 30.4 Å². The topological polar surface area (TPSA) is 60.2 Å². The normalized spacial score (nSPS) is 14.5. The number of halogens is 1. The van der Waals surface area contributed by atoms with E-state index in [0.717, 1.165) is 0 Å². The zero-order valence-corrected chi connectivity index (χ0v) is 13.8. The highest BCUT2D eigenvalue weighted by Gasteiger charge is 2.31. The van der Waals surface area contributed by atoms with Crippen LogP contribution >= 0.6 is 0 Å². The standard InChI is InChI=1S/C17H24FN3O2/c1-17(2,3)16(22)14(21-12-19-11-20-21)8-6-10-23-15-9-5-4-7-13(15)18/h4-5,7,9,11-12,14,16,22H,6,8,10H2,1-3H3. The maximum absolute atomic E-state index is 13.5. The molecule has 2 rings (SSSR count). The minimum atomic E-state index is -0.572. The monoisotopic (exact) mass is 321 g/mol. The molecule has 1 N–H and O–H groups in total. The third-order valence-electron chi connectivity index (χ3n) is 3.77. The van der Waals surface area contributed by atoms with Gasteiger partial charge >= 0.3 is 0 Å². The predicted octanol–water partition coefficient (Wildman–Crippen LogP) is 3.22. The fourth-order valence-electron chi connectivity index (χ4n) is 2.44. The van der Waals surface area contributed by atoms with Crippen LogP contribution < -0.4 is 4.74 Å². The van der Waals surface area contributed by atoms with Crippen LogP contribution in [0.25, 0.3) is 0 Å². The lowest BCUT2D eigenvalue weighted by molar-refractivity contribution is 0.00755. The summed E-state index contributed by atoms with van der Waals surface area (Å²) < 4.78 is 20.6. The van der Waals surface area contributed by atoms with Crippen molar-refractivity contribution in [2.75, 3.05) is 6.61 Å². The molecule has 0 radical (unpaired) electrons. The Balaban J connectivity index is 1.93. The second kappa shape index (κ2) is 7.55. The molecule has 2 aromatic rings. The molecule has 126 valence electrons. The molecule has 5 nitrogen and oxygen atoms in total. The maximum Gasteiger partial charge on any atom is 0.165 e. The highest BCUT2D eigenvalue weighted by molar-refractivity contribution is 5.23. The zero-order valence-electron chi connectivity index (χ0n) is 13.8. The Bertz CT molecular complexity index is 596. The van der Waals surface area contributed by atoms with E-state index in [1.165, 1.54) is 12.4 Å². The molecule has 0 aliphatic carbocycles. The molecule has 0 aliphatic heterocycles. The van der Waals surface area contributed by atoms with Gasteiger partial charge in [0.15, 0.2) is 11.6 Å². The van der Waals surface area contributed by atoms with E-state index >= 15 is 0 Å². The average Bonchev–Trinajstić information content (AvgIpc) is 3.01. The van der Waals surface area contributed by atoms with E-state index < -0.39 is 6.10 Å². The number of nitrogens with zero attached hydrogens (tertiary/aromatic N) is 3. The molecule has 0 bridgehead atoms. The van der Waals surface area contributed by atoms with Crippen molar-refractivity contribution in [2.24, 2.45) is 5.41 Å². The Morgan fingerprint density at radius 1 is 1.30 bits per heavy atom. The molecule has 2 unspecified atom stereocenters. The number of hydrogen-bond donors (Lipinski definition) is 1. The number of rotatable bonds is 7. The van der Waals surface area contributed by atoms with Gasteiger partial charge in [-0.2, -0.15) is 5.10 Å². The smallest absolute Gasteiger partial charge is 0.165 e. The number of para-hydroxylation sites is 1. The van der Waals surface area contributed by atoms with Crippen LogP contribution in [0.3, 0.4) is 0 Å². The number of benzene rings is 1. The molecule has 0 saturated carbocycles. The zero-order chi connectivity index (χ0) is 16.9. The van der Waals surface area contributed by atoms with Crippen molar-refractivity contribution >= 4 is 0 Å². The highest BCUT2D eigenvalue weighted by Crippen LogP contribution is 2.30. The molecule has 0 aliphatic rings. The maximum atomic E-state index is 13.5. The molecule has 0 amide bonds. The molecule has 0 spiro atoms. The molecule has 23 heavy (non-hydrogen) atoms. The Morgan fingerprint density at radius 2 is 2.04 bits per heavy atom. The summed E-state index contributed by atoms with van der Waals surface area (Å²) in [5.74, 6) is -0.115. The lowest BCUT2D eigenvalue weighted by Gasteiger charge is -2.33. The molecule has 0 fully saturated rings. The Labute approximate surface area is 136 Å². The minimum absolute atomic E-state index is 0.193.